The predicted octanol–water partition coefficient (Wildman–Crippen LogP) is 3.18. The van der Waals surface area contributed by atoms with Crippen molar-refractivity contribution in [3.63, 3.8) is 0 Å². The monoisotopic (exact) mass is 350 g/mol. The number of aryl methyl sites for hydroxylation is 1. The first-order valence-electron chi connectivity index (χ1n) is 8.71. The zero-order valence-corrected chi connectivity index (χ0v) is 15.0. The minimum absolute atomic E-state index is 0.213. The van der Waals surface area contributed by atoms with Crippen molar-refractivity contribution in [1.29, 1.82) is 0 Å². The molecule has 1 fully saturated rings. The third-order valence-corrected chi connectivity index (χ3v) is 4.57. The van der Waals surface area contributed by atoms with Crippen LogP contribution in [0.5, 0.6) is 5.75 Å². The Morgan fingerprint density at radius 3 is 2.62 bits per heavy atom. The van der Waals surface area contributed by atoms with Crippen LogP contribution < -0.4 is 9.64 Å². The van der Waals surface area contributed by atoms with E-state index in [0.717, 1.165) is 23.7 Å². The quantitative estimate of drug-likeness (QED) is 0.707. The molecule has 3 aromatic rings. The highest BCUT2D eigenvalue weighted by molar-refractivity contribution is 5.50. The zero-order chi connectivity index (χ0) is 17.9. The Hall–Kier alpha value is -2.86. The summed E-state index contributed by atoms with van der Waals surface area (Å²) < 4.78 is 13.0. The van der Waals surface area contributed by atoms with Crippen LogP contribution in [0.2, 0.25) is 0 Å². The fourth-order valence-corrected chi connectivity index (χ4v) is 3.14. The molecule has 1 saturated heterocycles. The lowest BCUT2D eigenvalue weighted by Gasteiger charge is -2.23. The molecule has 1 aromatic heterocycles. The second kappa shape index (κ2) is 7.17. The fourth-order valence-electron chi connectivity index (χ4n) is 3.14. The Bertz CT molecular complexity index is 858. The minimum Gasteiger partial charge on any atom is -0.497 e. The maximum absolute atomic E-state index is 5.92. The Morgan fingerprint density at radius 2 is 1.88 bits per heavy atom. The van der Waals surface area contributed by atoms with E-state index in [4.69, 9.17) is 9.47 Å². The molecule has 134 valence electrons. The van der Waals surface area contributed by atoms with Gasteiger partial charge in [0.2, 0.25) is 0 Å². The van der Waals surface area contributed by atoms with Gasteiger partial charge in [0.05, 0.1) is 26.5 Å². The van der Waals surface area contributed by atoms with Gasteiger partial charge in [-0.2, -0.15) is 0 Å². The van der Waals surface area contributed by atoms with Crippen molar-refractivity contribution in [2.24, 2.45) is 0 Å². The molecule has 2 aromatic carbocycles. The summed E-state index contributed by atoms with van der Waals surface area (Å²) >= 11 is 0. The molecule has 0 saturated carbocycles. The topological polar surface area (TPSA) is 52.4 Å². The van der Waals surface area contributed by atoms with Gasteiger partial charge in [0.1, 0.15) is 11.4 Å². The van der Waals surface area contributed by atoms with Crippen LogP contribution in [-0.4, -0.2) is 35.3 Å². The number of nitrogens with zero attached hydrogens (tertiary/aromatic N) is 4. The zero-order valence-electron chi connectivity index (χ0n) is 15.0. The molecule has 0 spiro atoms. The Labute approximate surface area is 153 Å². The lowest BCUT2D eigenvalue weighted by Crippen LogP contribution is -2.23. The van der Waals surface area contributed by atoms with Crippen molar-refractivity contribution in [1.82, 2.24) is 15.0 Å². The molecule has 1 atom stereocenters. The SMILES string of the molecule is COc1ccc(N2CCO[C@H]2c2cn(Cc3ccc(C)cc3)nn2)cc1. The first-order valence-corrected chi connectivity index (χ1v) is 8.71. The summed E-state index contributed by atoms with van der Waals surface area (Å²) in [6.45, 7) is 4.27. The third-order valence-electron chi connectivity index (χ3n) is 4.57. The van der Waals surface area contributed by atoms with Gasteiger partial charge in [-0.1, -0.05) is 35.0 Å². The molecule has 2 heterocycles. The Balaban J connectivity index is 1.51. The summed E-state index contributed by atoms with van der Waals surface area (Å²) in [6, 6.07) is 16.4. The molecular formula is C20H22N4O2. The first kappa shape index (κ1) is 16.6. The van der Waals surface area contributed by atoms with Gasteiger partial charge in [0, 0.05) is 12.2 Å². The average molecular weight is 350 g/mol. The van der Waals surface area contributed by atoms with Crippen LogP contribution >= 0.6 is 0 Å². The van der Waals surface area contributed by atoms with Gasteiger partial charge in [-0.25, -0.2) is 4.68 Å². The maximum atomic E-state index is 5.92. The van der Waals surface area contributed by atoms with E-state index in [-0.39, 0.29) is 6.23 Å². The highest BCUT2D eigenvalue weighted by Crippen LogP contribution is 2.31. The van der Waals surface area contributed by atoms with Gasteiger partial charge in [-0.3, -0.25) is 0 Å². The Kier molecular flexibility index (Phi) is 4.58. The number of hydrogen-bond donors (Lipinski definition) is 0. The molecule has 1 aliphatic rings. The number of aromatic nitrogens is 3. The van der Waals surface area contributed by atoms with Gasteiger partial charge in [-0.05, 0) is 36.8 Å². The summed E-state index contributed by atoms with van der Waals surface area (Å²) in [5, 5.41) is 8.62. The number of methoxy groups -OCH3 is 1. The normalized spacial score (nSPS) is 16.8. The van der Waals surface area contributed by atoms with E-state index in [1.165, 1.54) is 11.1 Å². The largest absolute Gasteiger partial charge is 0.497 e. The number of anilines is 1. The van der Waals surface area contributed by atoms with E-state index in [2.05, 4.69) is 46.4 Å². The predicted molar refractivity (Wildman–Crippen MR) is 99.3 cm³/mol. The second-order valence-electron chi connectivity index (χ2n) is 6.44. The van der Waals surface area contributed by atoms with Crippen LogP contribution in [0.4, 0.5) is 5.69 Å². The van der Waals surface area contributed by atoms with Crippen molar-refractivity contribution in [3.05, 3.63) is 71.5 Å². The van der Waals surface area contributed by atoms with Gasteiger partial charge < -0.3 is 14.4 Å². The van der Waals surface area contributed by atoms with E-state index in [9.17, 15) is 0 Å². The van der Waals surface area contributed by atoms with Crippen LogP contribution in [0, 0.1) is 6.92 Å². The van der Waals surface area contributed by atoms with Crippen molar-refractivity contribution >= 4 is 5.69 Å². The van der Waals surface area contributed by atoms with Crippen molar-refractivity contribution in [2.75, 3.05) is 25.2 Å². The van der Waals surface area contributed by atoms with Crippen LogP contribution in [-0.2, 0) is 11.3 Å². The molecule has 6 nitrogen and oxygen atoms in total. The molecule has 4 rings (SSSR count). The van der Waals surface area contributed by atoms with Gasteiger partial charge in [-0.15, -0.1) is 5.10 Å². The summed E-state index contributed by atoms with van der Waals surface area (Å²) in [5.74, 6) is 0.842. The van der Waals surface area contributed by atoms with E-state index in [1.807, 2.05) is 35.1 Å². The van der Waals surface area contributed by atoms with Crippen molar-refractivity contribution in [2.45, 2.75) is 19.7 Å². The smallest absolute Gasteiger partial charge is 0.177 e. The molecule has 26 heavy (non-hydrogen) atoms. The van der Waals surface area contributed by atoms with Crippen molar-refractivity contribution < 1.29 is 9.47 Å². The highest BCUT2D eigenvalue weighted by Gasteiger charge is 2.29. The van der Waals surface area contributed by atoms with E-state index >= 15 is 0 Å². The molecule has 0 bridgehead atoms. The van der Waals surface area contributed by atoms with Crippen LogP contribution in [0.25, 0.3) is 0 Å². The summed E-state index contributed by atoms with van der Waals surface area (Å²) in [4.78, 5) is 2.19. The second-order valence-corrected chi connectivity index (χ2v) is 6.44. The van der Waals surface area contributed by atoms with E-state index < -0.39 is 0 Å². The van der Waals surface area contributed by atoms with E-state index in [1.54, 1.807) is 7.11 Å². The Morgan fingerprint density at radius 1 is 1.12 bits per heavy atom. The number of ether oxygens (including phenoxy) is 2. The highest BCUT2D eigenvalue weighted by atomic mass is 16.5. The molecule has 0 unspecified atom stereocenters. The fraction of sp³-hybridized carbons (Fsp3) is 0.300. The van der Waals surface area contributed by atoms with E-state index in [0.29, 0.717) is 13.2 Å². The molecule has 0 N–H and O–H groups in total. The molecule has 6 heteroatoms. The van der Waals surface area contributed by atoms with Gasteiger partial charge >= 0.3 is 0 Å². The van der Waals surface area contributed by atoms with Gasteiger partial charge in [0.25, 0.3) is 0 Å². The summed E-state index contributed by atoms with van der Waals surface area (Å²) in [6.07, 6.45) is 1.75. The molecule has 0 aliphatic carbocycles. The van der Waals surface area contributed by atoms with Crippen molar-refractivity contribution in [3.8, 4) is 5.75 Å². The lowest BCUT2D eigenvalue weighted by molar-refractivity contribution is 0.110. The number of hydrogen-bond acceptors (Lipinski definition) is 5. The summed E-state index contributed by atoms with van der Waals surface area (Å²) in [7, 11) is 1.67. The number of benzene rings is 2. The molecular weight excluding hydrogens is 328 g/mol. The molecule has 1 aliphatic heterocycles. The van der Waals surface area contributed by atoms with Crippen LogP contribution in [0.3, 0.4) is 0 Å². The summed E-state index contributed by atoms with van der Waals surface area (Å²) in [5.41, 5.74) is 4.36. The van der Waals surface area contributed by atoms with Crippen LogP contribution in [0.1, 0.15) is 23.0 Å². The average Bonchev–Trinajstić information content (AvgIpc) is 3.33. The lowest BCUT2D eigenvalue weighted by atomic mass is 10.1. The third kappa shape index (κ3) is 3.41. The van der Waals surface area contributed by atoms with Gasteiger partial charge in [0.15, 0.2) is 6.23 Å². The number of rotatable bonds is 5. The minimum atomic E-state index is -0.213. The maximum Gasteiger partial charge on any atom is 0.177 e. The molecule has 0 amide bonds. The standard InChI is InChI=1S/C20H22N4O2/c1-15-3-5-16(6-4-15)13-23-14-19(21-22-23)20-24(11-12-26-20)17-7-9-18(25-2)10-8-17/h3-10,14,20H,11-13H2,1-2H3/t20-/m0/s1. The first-order chi connectivity index (χ1) is 12.7. The van der Waals surface area contributed by atoms with Crippen LogP contribution in [0.15, 0.2) is 54.7 Å². The molecule has 0 radical (unpaired) electrons.